The summed E-state index contributed by atoms with van der Waals surface area (Å²) in [5.41, 5.74) is 23.7. The van der Waals surface area contributed by atoms with Crippen LogP contribution in [0.1, 0.15) is 58.1 Å². The predicted octanol–water partition coefficient (Wildman–Crippen LogP) is -5.37. The van der Waals surface area contributed by atoms with Gasteiger partial charge in [-0.25, -0.2) is 0 Å². The Hall–Kier alpha value is -6.32. The Labute approximate surface area is 553 Å². The van der Waals surface area contributed by atoms with Crippen molar-refractivity contribution >= 4 is 80.7 Å². The Bertz CT molecular complexity index is 2790. The summed E-state index contributed by atoms with van der Waals surface area (Å²) < 4.78 is 54.1. The first kappa shape index (κ1) is 80.1. The maximum Gasteiger partial charge on any atom is 0.246 e. The molecule has 1 aromatic carbocycles. The number of amides is 8. The van der Waals surface area contributed by atoms with Crippen LogP contribution in [-0.2, 0) is 94.5 Å². The number of hydrogen-bond acceptors (Lipinski definition) is 25. The number of aromatic amines is 1. The van der Waals surface area contributed by atoms with Crippen molar-refractivity contribution in [2.45, 2.75) is 113 Å². The van der Waals surface area contributed by atoms with Crippen LogP contribution in [0.5, 0.6) is 5.75 Å². The van der Waals surface area contributed by atoms with E-state index < -0.39 is 157 Å². The number of aliphatic hydroxyl groups is 3. The topological polar surface area (TPSA) is 506 Å². The number of aromatic hydroxyl groups is 1. The number of ether oxygens (including phenoxy) is 7. The highest BCUT2D eigenvalue weighted by Crippen LogP contribution is 2.35. The lowest BCUT2D eigenvalue weighted by Gasteiger charge is -2.32. The number of carbonyl (C=O) groups excluding carboxylic acids is 8. The number of rotatable bonds is 41. The maximum absolute atomic E-state index is 15.1. The Kier molecular flexibility index (Phi) is 37.2. The molecule has 0 spiro atoms. The van der Waals surface area contributed by atoms with Crippen LogP contribution >= 0.6 is 11.8 Å². The molecule has 11 atom stereocenters. The third-order valence-corrected chi connectivity index (χ3v) is 17.6. The molecule has 532 valence electrons. The largest absolute Gasteiger partial charge is 0.508 e. The number of phenolic OH excluding ortho intramolecular Hbond substituents is 1. The number of phenols is 1. The van der Waals surface area contributed by atoms with Gasteiger partial charge in [0, 0.05) is 72.4 Å². The second kappa shape index (κ2) is 43.7. The zero-order valence-corrected chi connectivity index (χ0v) is 55.6. The van der Waals surface area contributed by atoms with E-state index in [1.165, 1.54) is 24.8 Å². The second-order valence-electron chi connectivity index (χ2n) is 22.5. The van der Waals surface area contributed by atoms with Crippen molar-refractivity contribution in [3.8, 4) is 5.75 Å². The van der Waals surface area contributed by atoms with Crippen LogP contribution in [0, 0.1) is 11.8 Å². The molecule has 2 aromatic rings. The van der Waals surface area contributed by atoms with Crippen molar-refractivity contribution in [1.29, 1.82) is 0 Å². The van der Waals surface area contributed by atoms with Gasteiger partial charge in [-0.1, -0.05) is 27.2 Å². The molecule has 3 heterocycles. The minimum atomic E-state index is -2.34. The summed E-state index contributed by atoms with van der Waals surface area (Å²) in [7, 11) is -2.34. The number of benzene rings is 1. The van der Waals surface area contributed by atoms with Gasteiger partial charge in [0.25, 0.3) is 0 Å². The standard InChI is InChI=1S/C59H99N13O20S2/c1-5-35(2)51(69-49(78)28-61)56(82)65-30-50(79)67-44-34-94(85)58-41(24-36(3)66-57(83)52(37(4)47(76)32-73)70-55(81)45-25-39(74)31-72(45)59(84)43(26-48(63)77)68-54(44)80)40-6-7-46(75)42(53(40)71-58)33-93-23-22-92-21-20-91-19-18-90-17-16-89-15-14-88-13-12-87-11-10-86-9-8-64-29-38(62)27-60/h6-7,29,35-37,39,43-45,47,51-52,64,71,73-76H,5,8-28,30-34,60-62H2,1-4H3,(H2,63,77)(H,65,82)(H,66,83)(H,67,79)(H,68,80)(H,69,78)(H,70,81)/b38-29-/t35?,36-,37?,39-,43?,44?,45?,47?,51?,52?,94?/m1/s1. The molecule has 1 saturated heterocycles. The van der Waals surface area contributed by atoms with Gasteiger partial charge >= 0.3 is 0 Å². The molecule has 0 saturated carbocycles. The fourth-order valence-corrected chi connectivity index (χ4v) is 12.1. The fraction of sp³-hybridized carbons (Fsp3) is 0.695. The van der Waals surface area contributed by atoms with Gasteiger partial charge in [-0.3, -0.25) is 42.6 Å². The Morgan fingerprint density at radius 1 is 0.819 bits per heavy atom. The molecule has 2 aliphatic heterocycles. The summed E-state index contributed by atoms with van der Waals surface area (Å²) in [6.45, 7) is 10.3. The number of nitrogens with zero attached hydrogens (tertiary/aromatic N) is 1. The van der Waals surface area contributed by atoms with E-state index in [9.17, 15) is 58.8 Å². The molecule has 0 radical (unpaired) electrons. The fourth-order valence-electron chi connectivity index (χ4n) is 9.81. The van der Waals surface area contributed by atoms with Crippen molar-refractivity contribution < 1.29 is 96.1 Å². The van der Waals surface area contributed by atoms with E-state index in [0.717, 1.165) is 4.90 Å². The van der Waals surface area contributed by atoms with Gasteiger partial charge in [0.2, 0.25) is 47.3 Å². The van der Waals surface area contributed by atoms with Gasteiger partial charge in [-0.2, -0.15) is 11.8 Å². The molecular formula is C59H99N13O20S2. The first-order valence-corrected chi connectivity index (χ1v) is 33.8. The highest BCUT2D eigenvalue weighted by Gasteiger charge is 2.45. The minimum Gasteiger partial charge on any atom is -0.508 e. The average molecular weight is 1370 g/mol. The Balaban J connectivity index is 1.45. The first-order chi connectivity index (χ1) is 45.0. The first-order valence-electron chi connectivity index (χ1n) is 31.3. The molecule has 8 amide bonds. The molecule has 33 nitrogen and oxygen atoms in total. The van der Waals surface area contributed by atoms with Gasteiger partial charge in [0.05, 0.1) is 153 Å². The molecule has 1 aromatic heterocycles. The summed E-state index contributed by atoms with van der Waals surface area (Å²) in [5.74, 6) is -9.31. The third-order valence-electron chi connectivity index (χ3n) is 15.2. The lowest BCUT2D eigenvalue weighted by molar-refractivity contribution is -0.144. The molecule has 9 unspecified atom stereocenters. The zero-order valence-electron chi connectivity index (χ0n) is 54.0. The van der Waals surface area contributed by atoms with Crippen LogP contribution in [0.2, 0.25) is 0 Å². The predicted molar refractivity (Wildman–Crippen MR) is 345 cm³/mol. The number of nitrogens with two attached hydrogens (primary N) is 4. The summed E-state index contributed by atoms with van der Waals surface area (Å²) in [6, 6.07) is -5.72. The molecule has 94 heavy (non-hydrogen) atoms. The molecule has 0 bridgehead atoms. The van der Waals surface area contributed by atoms with E-state index in [1.54, 1.807) is 33.0 Å². The highest BCUT2D eigenvalue weighted by atomic mass is 32.2. The summed E-state index contributed by atoms with van der Waals surface area (Å²) in [4.78, 5) is 114. The van der Waals surface area contributed by atoms with Gasteiger partial charge in [-0.15, -0.1) is 0 Å². The van der Waals surface area contributed by atoms with Crippen molar-refractivity contribution in [2.24, 2.45) is 34.8 Å². The number of aromatic nitrogens is 1. The van der Waals surface area contributed by atoms with Crippen LogP contribution in [0.4, 0.5) is 0 Å². The maximum atomic E-state index is 15.1. The smallest absolute Gasteiger partial charge is 0.246 e. The molecular weight excluding hydrogens is 1270 g/mol. The van der Waals surface area contributed by atoms with Gasteiger partial charge in [0.1, 0.15) is 41.0 Å². The molecule has 0 aliphatic carbocycles. The van der Waals surface area contributed by atoms with Crippen molar-refractivity contribution in [2.75, 3.05) is 143 Å². The number of nitrogens with one attached hydrogen (secondary N) is 8. The number of hydrogen-bond donors (Lipinski definition) is 16. The summed E-state index contributed by atoms with van der Waals surface area (Å²) in [5, 5.41) is 61.6. The molecule has 2 aliphatic rings. The zero-order chi connectivity index (χ0) is 69.1. The number of thioether (sulfide) groups is 1. The second-order valence-corrected chi connectivity index (χ2v) is 25.0. The summed E-state index contributed by atoms with van der Waals surface area (Å²) in [6.07, 6.45) is -2.09. The SMILES string of the molecule is CCC(C)C(NC(=O)CN)C(=O)NCC(=O)NC1CS(=O)c2[nH]c3c(CSCCOCCOCCOCCOCCOCCOCCOCCN/C=C(\N)CN)c(O)ccc3c2C[C@@H](C)NC(=O)C(C(C)C(O)CO)NC(=O)C2C[C@@H](O)CN2C(=O)C(CC(N)=O)NC1=O. The van der Waals surface area contributed by atoms with Gasteiger partial charge < -0.3 is 124 Å². The average Bonchev–Trinajstić information content (AvgIpc) is 1.62. The van der Waals surface area contributed by atoms with Crippen LogP contribution in [-0.4, -0.2) is 274 Å². The Morgan fingerprint density at radius 2 is 1.41 bits per heavy atom. The number of aliphatic hydroxyl groups excluding tert-OH is 3. The van der Waals surface area contributed by atoms with E-state index in [0.29, 0.717) is 132 Å². The molecule has 1 fully saturated rings. The van der Waals surface area contributed by atoms with Crippen LogP contribution < -0.4 is 60.2 Å². The van der Waals surface area contributed by atoms with E-state index in [4.69, 9.17) is 56.1 Å². The normalized spacial score (nSPS) is 21.4. The monoisotopic (exact) mass is 1370 g/mol. The van der Waals surface area contributed by atoms with E-state index in [1.807, 2.05) is 0 Å². The number of H-pyrrole nitrogens is 1. The van der Waals surface area contributed by atoms with E-state index in [2.05, 4.69) is 42.2 Å². The minimum absolute atomic E-state index is 0.0150. The number of fused-ring (bicyclic) bond motifs is 4. The van der Waals surface area contributed by atoms with Crippen LogP contribution in [0.15, 0.2) is 29.1 Å². The highest BCUT2D eigenvalue weighted by molar-refractivity contribution is 7.98. The lowest BCUT2D eigenvalue weighted by Crippen LogP contribution is -2.61. The van der Waals surface area contributed by atoms with Gasteiger partial charge in [-0.05, 0) is 37.0 Å². The van der Waals surface area contributed by atoms with Crippen LogP contribution in [0.25, 0.3) is 10.9 Å². The lowest BCUT2D eigenvalue weighted by atomic mass is 9.94. The van der Waals surface area contributed by atoms with Gasteiger partial charge in [0.15, 0.2) is 0 Å². The molecule has 4 rings (SSSR count). The Morgan fingerprint density at radius 3 is 1.98 bits per heavy atom. The van der Waals surface area contributed by atoms with Crippen molar-refractivity contribution in [3.05, 3.63) is 35.2 Å². The van der Waals surface area contributed by atoms with Crippen molar-refractivity contribution in [3.63, 3.8) is 0 Å². The van der Waals surface area contributed by atoms with E-state index in [-0.39, 0.29) is 42.5 Å². The molecule has 20 N–H and O–H groups in total. The number of carbonyl (C=O) groups is 8. The quantitative estimate of drug-likeness (QED) is 0.0276. The van der Waals surface area contributed by atoms with Crippen molar-refractivity contribution in [1.82, 2.24) is 47.1 Å². The van der Waals surface area contributed by atoms with E-state index >= 15 is 4.21 Å². The number of primary amides is 1. The summed E-state index contributed by atoms with van der Waals surface area (Å²) >= 11 is 1.41. The van der Waals surface area contributed by atoms with Crippen LogP contribution in [0.3, 0.4) is 0 Å². The molecule has 35 heteroatoms. The third kappa shape index (κ3) is 27.4.